The zero-order valence-electron chi connectivity index (χ0n) is 19.7. The van der Waals surface area contributed by atoms with Crippen LogP contribution in [-0.4, -0.2) is 56.9 Å². The van der Waals surface area contributed by atoms with E-state index < -0.39 is 11.8 Å². The minimum Gasteiger partial charge on any atom is -0.493 e. The average molecular weight is 582 g/mol. The highest BCUT2D eigenvalue weighted by atomic mass is 79.9. The van der Waals surface area contributed by atoms with Crippen molar-refractivity contribution in [2.75, 3.05) is 32.2 Å². The van der Waals surface area contributed by atoms with Gasteiger partial charge in [0.25, 0.3) is 5.91 Å². The number of halogens is 2. The molecule has 1 fully saturated rings. The predicted molar refractivity (Wildman–Crippen MR) is 139 cm³/mol. The Morgan fingerprint density at radius 3 is 2.78 bits per heavy atom. The van der Waals surface area contributed by atoms with E-state index in [1.165, 1.54) is 13.3 Å². The van der Waals surface area contributed by atoms with E-state index in [4.69, 9.17) is 25.8 Å². The molecule has 1 aliphatic rings. The molecule has 1 heterocycles. The van der Waals surface area contributed by atoms with Crippen molar-refractivity contribution >= 4 is 57.2 Å². The first-order chi connectivity index (χ1) is 17.3. The minimum atomic E-state index is -0.892. The molecule has 0 bridgehead atoms. The molecule has 1 atom stereocenters. The minimum absolute atomic E-state index is 0.0668. The molecular weight excluding hydrogens is 556 g/mol. The molecule has 1 saturated heterocycles. The number of rotatable bonds is 9. The summed E-state index contributed by atoms with van der Waals surface area (Å²) in [6, 6.07) is 8.46. The van der Waals surface area contributed by atoms with Gasteiger partial charge in [0.1, 0.15) is 0 Å². The zero-order chi connectivity index (χ0) is 26.1. The van der Waals surface area contributed by atoms with Crippen LogP contribution in [0.1, 0.15) is 24.0 Å². The zero-order valence-corrected chi connectivity index (χ0v) is 22.1. The number of carbonyl (C=O) groups excluding carboxylic acids is 3. The highest BCUT2D eigenvalue weighted by Crippen LogP contribution is 2.36. The van der Waals surface area contributed by atoms with Gasteiger partial charge in [-0.05, 0) is 71.1 Å². The van der Waals surface area contributed by atoms with Gasteiger partial charge in [0.15, 0.2) is 18.1 Å². The first kappa shape index (κ1) is 27.4. The van der Waals surface area contributed by atoms with Gasteiger partial charge in [-0.1, -0.05) is 17.7 Å². The molecular formula is C24H26BrClN4O6. The van der Waals surface area contributed by atoms with Crippen molar-refractivity contribution < 1.29 is 28.6 Å². The summed E-state index contributed by atoms with van der Waals surface area (Å²) in [5.41, 5.74) is 4.18. The Hall–Kier alpha value is -3.15. The second-order valence-electron chi connectivity index (χ2n) is 7.87. The number of anilines is 1. The first-order valence-electron chi connectivity index (χ1n) is 11.1. The molecule has 12 heteroatoms. The lowest BCUT2D eigenvalue weighted by molar-refractivity contribution is -0.139. The molecule has 3 amide bonds. The molecule has 0 unspecified atom stereocenters. The lowest BCUT2D eigenvalue weighted by Gasteiger charge is -2.14. The number of methoxy groups -OCH3 is 1. The van der Waals surface area contributed by atoms with E-state index in [0.29, 0.717) is 38.9 Å². The highest BCUT2D eigenvalue weighted by molar-refractivity contribution is 9.10. The molecule has 1 aliphatic heterocycles. The van der Waals surface area contributed by atoms with Crippen LogP contribution in [0.5, 0.6) is 11.5 Å². The molecule has 192 valence electrons. The molecule has 36 heavy (non-hydrogen) atoms. The van der Waals surface area contributed by atoms with Gasteiger partial charge >= 0.3 is 11.8 Å². The van der Waals surface area contributed by atoms with Crippen LogP contribution in [0.15, 0.2) is 39.9 Å². The van der Waals surface area contributed by atoms with E-state index in [9.17, 15) is 14.4 Å². The van der Waals surface area contributed by atoms with Crippen molar-refractivity contribution in [2.45, 2.75) is 25.9 Å². The molecule has 0 spiro atoms. The summed E-state index contributed by atoms with van der Waals surface area (Å²) in [6.07, 6.45) is 3.07. The molecule has 0 radical (unpaired) electrons. The van der Waals surface area contributed by atoms with Crippen LogP contribution in [-0.2, 0) is 19.1 Å². The Morgan fingerprint density at radius 1 is 1.25 bits per heavy atom. The summed E-state index contributed by atoms with van der Waals surface area (Å²) >= 11 is 9.39. The van der Waals surface area contributed by atoms with Crippen molar-refractivity contribution in [2.24, 2.45) is 5.10 Å². The predicted octanol–water partition coefficient (Wildman–Crippen LogP) is 3.18. The van der Waals surface area contributed by atoms with Gasteiger partial charge in [-0.3, -0.25) is 14.4 Å². The van der Waals surface area contributed by atoms with E-state index in [1.807, 2.05) is 6.92 Å². The number of carbonyl (C=O) groups is 3. The van der Waals surface area contributed by atoms with Crippen molar-refractivity contribution in [3.8, 4) is 11.5 Å². The molecule has 0 saturated carbocycles. The fourth-order valence-corrected chi connectivity index (χ4v) is 4.06. The number of hydrogen-bond donors (Lipinski definition) is 3. The Morgan fingerprint density at radius 2 is 2.06 bits per heavy atom. The molecule has 3 N–H and O–H groups in total. The number of hydrazone groups is 1. The lowest BCUT2D eigenvalue weighted by atomic mass is 10.2. The summed E-state index contributed by atoms with van der Waals surface area (Å²) in [5.74, 6) is -1.42. The Kier molecular flexibility index (Phi) is 10.1. The van der Waals surface area contributed by atoms with Crippen LogP contribution in [0.25, 0.3) is 0 Å². The number of nitrogens with zero attached hydrogens (tertiary/aromatic N) is 1. The van der Waals surface area contributed by atoms with Gasteiger partial charge in [0.05, 0.1) is 23.9 Å². The molecule has 2 aromatic rings. The molecule has 0 aliphatic carbocycles. The molecule has 2 aromatic carbocycles. The van der Waals surface area contributed by atoms with Gasteiger partial charge in [-0.25, -0.2) is 5.43 Å². The lowest BCUT2D eigenvalue weighted by Crippen LogP contribution is -2.41. The van der Waals surface area contributed by atoms with Crippen LogP contribution in [0, 0.1) is 6.92 Å². The van der Waals surface area contributed by atoms with Crippen molar-refractivity contribution in [3.05, 3.63) is 51.0 Å². The number of nitrogens with one attached hydrogen (secondary N) is 3. The summed E-state index contributed by atoms with van der Waals surface area (Å²) < 4.78 is 16.9. The summed E-state index contributed by atoms with van der Waals surface area (Å²) in [6.45, 7) is 2.52. The maximum absolute atomic E-state index is 12.4. The number of benzene rings is 2. The van der Waals surface area contributed by atoms with Crippen LogP contribution in [0.3, 0.4) is 0 Å². The van der Waals surface area contributed by atoms with Gasteiger partial charge in [0.2, 0.25) is 0 Å². The second-order valence-corrected chi connectivity index (χ2v) is 9.17. The van der Waals surface area contributed by atoms with E-state index in [0.717, 1.165) is 18.4 Å². The molecule has 10 nitrogen and oxygen atoms in total. The van der Waals surface area contributed by atoms with Crippen LogP contribution in [0.2, 0.25) is 5.02 Å². The van der Waals surface area contributed by atoms with Crippen LogP contribution < -0.4 is 25.5 Å². The fraction of sp³-hybridized carbons (Fsp3) is 0.333. The first-order valence-corrected chi connectivity index (χ1v) is 12.2. The third-order valence-corrected chi connectivity index (χ3v) is 6.00. The summed E-state index contributed by atoms with van der Waals surface area (Å²) in [4.78, 5) is 36.2. The van der Waals surface area contributed by atoms with Gasteiger partial charge < -0.3 is 24.8 Å². The quantitative estimate of drug-likeness (QED) is 0.237. The standard InChI is InChI=1S/C24H26BrClN4O6/c1-14-5-6-16(26)10-19(14)29-21(31)13-36-22-18(25)8-15(9-20(22)34-2)11-28-30-24(33)23(32)27-12-17-4-3-7-35-17/h5-6,8-11,17H,3-4,7,12-13H2,1-2H3,(H,27,32)(H,29,31)(H,30,33)/b28-11-/t17-/m0/s1. The molecule has 0 aromatic heterocycles. The van der Waals surface area contributed by atoms with Crippen molar-refractivity contribution in [1.82, 2.24) is 10.7 Å². The maximum atomic E-state index is 12.4. The number of aryl methyl sites for hydroxylation is 1. The topological polar surface area (TPSA) is 127 Å². The van der Waals surface area contributed by atoms with E-state index in [-0.39, 0.29) is 25.2 Å². The normalized spacial score (nSPS) is 14.9. The van der Waals surface area contributed by atoms with Crippen molar-refractivity contribution in [1.29, 1.82) is 0 Å². The van der Waals surface area contributed by atoms with Crippen LogP contribution >= 0.6 is 27.5 Å². The monoisotopic (exact) mass is 580 g/mol. The Labute approximate surface area is 221 Å². The van der Waals surface area contributed by atoms with E-state index in [1.54, 1.807) is 30.3 Å². The average Bonchev–Trinajstić information content (AvgIpc) is 3.37. The fourth-order valence-electron chi connectivity index (χ4n) is 3.32. The SMILES string of the molecule is COc1cc(/C=N\NC(=O)C(=O)NC[C@@H]2CCCO2)cc(Br)c1OCC(=O)Nc1cc(Cl)ccc1C. The number of ether oxygens (including phenoxy) is 3. The molecule has 3 rings (SSSR count). The van der Waals surface area contributed by atoms with E-state index in [2.05, 4.69) is 37.1 Å². The Bertz CT molecular complexity index is 1150. The largest absolute Gasteiger partial charge is 0.493 e. The van der Waals surface area contributed by atoms with Gasteiger partial charge in [-0.15, -0.1) is 0 Å². The summed E-state index contributed by atoms with van der Waals surface area (Å²) in [5, 5.41) is 9.60. The highest BCUT2D eigenvalue weighted by Gasteiger charge is 2.19. The second kappa shape index (κ2) is 13.2. The summed E-state index contributed by atoms with van der Waals surface area (Å²) in [7, 11) is 1.45. The Balaban J connectivity index is 1.54. The van der Waals surface area contributed by atoms with E-state index >= 15 is 0 Å². The maximum Gasteiger partial charge on any atom is 0.329 e. The third kappa shape index (κ3) is 7.94. The van der Waals surface area contributed by atoms with Crippen molar-refractivity contribution in [3.63, 3.8) is 0 Å². The number of hydrogen-bond acceptors (Lipinski definition) is 7. The van der Waals surface area contributed by atoms with Gasteiger partial charge in [0, 0.05) is 23.9 Å². The number of amides is 3. The van der Waals surface area contributed by atoms with Gasteiger partial charge in [-0.2, -0.15) is 5.10 Å². The third-order valence-electron chi connectivity index (χ3n) is 5.17. The van der Waals surface area contributed by atoms with Crippen LogP contribution in [0.4, 0.5) is 5.69 Å². The smallest absolute Gasteiger partial charge is 0.329 e.